The van der Waals surface area contributed by atoms with E-state index in [0.29, 0.717) is 6.54 Å². The van der Waals surface area contributed by atoms with Gasteiger partial charge in [-0.05, 0) is 37.2 Å². The Labute approximate surface area is 119 Å². The highest BCUT2D eigenvalue weighted by Crippen LogP contribution is 2.12. The van der Waals surface area contributed by atoms with Crippen molar-refractivity contribution in [2.75, 3.05) is 45.9 Å². The summed E-state index contributed by atoms with van der Waals surface area (Å²) in [5.41, 5.74) is 0.743. The molecule has 0 spiro atoms. The van der Waals surface area contributed by atoms with Gasteiger partial charge in [0.2, 0.25) is 0 Å². The Hall–Kier alpha value is -1.01. The molecular formula is C15H23FN2O2. The van der Waals surface area contributed by atoms with Crippen molar-refractivity contribution in [1.29, 1.82) is 0 Å². The summed E-state index contributed by atoms with van der Waals surface area (Å²) in [4.78, 5) is 2.39. The number of hydrogen-bond donors (Lipinski definition) is 2. The van der Waals surface area contributed by atoms with Crippen molar-refractivity contribution >= 4 is 0 Å². The zero-order valence-corrected chi connectivity index (χ0v) is 11.7. The van der Waals surface area contributed by atoms with Crippen LogP contribution in [0.2, 0.25) is 0 Å². The number of nitrogens with one attached hydrogen (secondary N) is 1. The molecular weight excluding hydrogens is 259 g/mol. The van der Waals surface area contributed by atoms with E-state index in [9.17, 15) is 9.50 Å². The van der Waals surface area contributed by atoms with Crippen LogP contribution in [-0.2, 0) is 4.74 Å². The van der Waals surface area contributed by atoms with Crippen molar-refractivity contribution in [2.45, 2.75) is 12.5 Å². The Bertz CT molecular complexity index is 380. The number of halogens is 1. The lowest BCUT2D eigenvalue weighted by atomic mass is 10.1. The highest BCUT2D eigenvalue weighted by atomic mass is 19.1. The maximum Gasteiger partial charge on any atom is 0.123 e. The molecule has 1 aliphatic rings. The van der Waals surface area contributed by atoms with Crippen LogP contribution in [0.4, 0.5) is 4.39 Å². The molecule has 1 aromatic carbocycles. The van der Waals surface area contributed by atoms with Crippen LogP contribution in [0, 0.1) is 5.82 Å². The molecule has 2 rings (SSSR count). The van der Waals surface area contributed by atoms with Gasteiger partial charge in [-0.15, -0.1) is 0 Å². The summed E-state index contributed by atoms with van der Waals surface area (Å²) in [7, 11) is 0. The summed E-state index contributed by atoms with van der Waals surface area (Å²) in [6, 6.07) is 5.98. The van der Waals surface area contributed by atoms with E-state index < -0.39 is 6.10 Å². The van der Waals surface area contributed by atoms with Gasteiger partial charge in [-0.2, -0.15) is 0 Å². The van der Waals surface area contributed by atoms with Crippen LogP contribution >= 0.6 is 0 Å². The van der Waals surface area contributed by atoms with Crippen LogP contribution in [0.3, 0.4) is 0 Å². The molecule has 5 heteroatoms. The molecule has 20 heavy (non-hydrogen) atoms. The van der Waals surface area contributed by atoms with E-state index in [1.807, 2.05) is 0 Å². The van der Waals surface area contributed by atoms with Crippen LogP contribution in [-0.4, -0.2) is 55.9 Å². The van der Waals surface area contributed by atoms with E-state index in [4.69, 9.17) is 4.74 Å². The number of rotatable bonds is 7. The lowest BCUT2D eigenvalue weighted by Crippen LogP contribution is -2.37. The minimum atomic E-state index is -0.584. The SMILES string of the molecule is OC(CNCCCN1CCOCC1)c1ccc(F)cc1. The Morgan fingerprint density at radius 2 is 1.95 bits per heavy atom. The van der Waals surface area contributed by atoms with Gasteiger partial charge in [0.1, 0.15) is 5.82 Å². The first kappa shape index (κ1) is 15.4. The molecule has 1 atom stereocenters. The van der Waals surface area contributed by atoms with Crippen molar-refractivity contribution in [3.05, 3.63) is 35.6 Å². The number of aliphatic hydroxyl groups is 1. The highest BCUT2D eigenvalue weighted by molar-refractivity contribution is 5.18. The standard InChI is InChI=1S/C15H23FN2O2/c16-14-4-2-13(3-5-14)15(19)12-17-6-1-7-18-8-10-20-11-9-18/h2-5,15,17,19H,1,6-12H2. The Balaban J connectivity index is 1.57. The number of morpholine rings is 1. The third-order valence-electron chi connectivity index (χ3n) is 3.52. The van der Waals surface area contributed by atoms with Crippen LogP contribution in [0.15, 0.2) is 24.3 Å². The summed E-state index contributed by atoms with van der Waals surface area (Å²) in [6.45, 7) is 6.11. The number of hydrogen-bond acceptors (Lipinski definition) is 4. The van der Waals surface area contributed by atoms with Crippen molar-refractivity contribution in [2.24, 2.45) is 0 Å². The third kappa shape index (κ3) is 5.17. The maximum atomic E-state index is 12.8. The summed E-state index contributed by atoms with van der Waals surface area (Å²) < 4.78 is 18.1. The highest BCUT2D eigenvalue weighted by Gasteiger charge is 2.10. The van der Waals surface area contributed by atoms with Crippen LogP contribution in [0.25, 0.3) is 0 Å². The molecule has 0 aromatic heterocycles. The van der Waals surface area contributed by atoms with Crippen molar-refractivity contribution in [3.8, 4) is 0 Å². The topological polar surface area (TPSA) is 44.7 Å². The van der Waals surface area contributed by atoms with E-state index in [2.05, 4.69) is 10.2 Å². The molecule has 1 heterocycles. The molecule has 1 aliphatic heterocycles. The number of ether oxygens (including phenoxy) is 1. The molecule has 1 unspecified atom stereocenters. The molecule has 0 aliphatic carbocycles. The fourth-order valence-corrected chi connectivity index (χ4v) is 2.29. The molecule has 2 N–H and O–H groups in total. The predicted molar refractivity (Wildman–Crippen MR) is 76.1 cm³/mol. The summed E-state index contributed by atoms with van der Waals surface area (Å²) in [6.07, 6.45) is 0.467. The molecule has 0 saturated carbocycles. The Morgan fingerprint density at radius 3 is 2.65 bits per heavy atom. The first-order valence-corrected chi connectivity index (χ1v) is 7.20. The Morgan fingerprint density at radius 1 is 1.25 bits per heavy atom. The number of aliphatic hydroxyl groups excluding tert-OH is 1. The third-order valence-corrected chi connectivity index (χ3v) is 3.52. The zero-order chi connectivity index (χ0) is 14.2. The molecule has 4 nitrogen and oxygen atoms in total. The van der Waals surface area contributed by atoms with E-state index in [0.717, 1.165) is 51.4 Å². The van der Waals surface area contributed by atoms with E-state index in [-0.39, 0.29) is 5.82 Å². The van der Waals surface area contributed by atoms with Gasteiger partial charge in [0, 0.05) is 19.6 Å². The van der Waals surface area contributed by atoms with Crippen LogP contribution < -0.4 is 5.32 Å². The maximum absolute atomic E-state index is 12.8. The minimum absolute atomic E-state index is 0.278. The molecule has 1 saturated heterocycles. The van der Waals surface area contributed by atoms with Crippen molar-refractivity contribution < 1.29 is 14.2 Å². The average Bonchev–Trinajstić information content (AvgIpc) is 2.48. The minimum Gasteiger partial charge on any atom is -0.387 e. The molecule has 1 fully saturated rings. The monoisotopic (exact) mass is 282 g/mol. The second-order valence-corrected chi connectivity index (χ2v) is 5.08. The van der Waals surface area contributed by atoms with E-state index in [1.54, 1.807) is 12.1 Å². The fraction of sp³-hybridized carbons (Fsp3) is 0.600. The fourth-order valence-electron chi connectivity index (χ4n) is 2.29. The molecule has 0 amide bonds. The van der Waals surface area contributed by atoms with Crippen LogP contribution in [0.5, 0.6) is 0 Å². The molecule has 112 valence electrons. The number of nitrogens with zero attached hydrogens (tertiary/aromatic N) is 1. The van der Waals surface area contributed by atoms with Crippen LogP contribution in [0.1, 0.15) is 18.1 Å². The van der Waals surface area contributed by atoms with E-state index >= 15 is 0 Å². The van der Waals surface area contributed by atoms with Gasteiger partial charge in [-0.25, -0.2) is 4.39 Å². The summed E-state index contributed by atoms with van der Waals surface area (Å²) in [5, 5.41) is 13.2. The quantitative estimate of drug-likeness (QED) is 0.737. The van der Waals surface area contributed by atoms with Gasteiger partial charge < -0.3 is 15.2 Å². The lowest BCUT2D eigenvalue weighted by Gasteiger charge is -2.26. The van der Waals surface area contributed by atoms with E-state index in [1.165, 1.54) is 12.1 Å². The van der Waals surface area contributed by atoms with Gasteiger partial charge >= 0.3 is 0 Å². The normalized spacial score (nSPS) is 18.1. The number of benzene rings is 1. The van der Waals surface area contributed by atoms with Gasteiger partial charge in [-0.3, -0.25) is 4.90 Å². The first-order chi connectivity index (χ1) is 9.75. The Kier molecular flexibility index (Phi) is 6.39. The lowest BCUT2D eigenvalue weighted by molar-refractivity contribution is 0.0373. The average molecular weight is 282 g/mol. The van der Waals surface area contributed by atoms with Crippen molar-refractivity contribution in [1.82, 2.24) is 10.2 Å². The summed E-state index contributed by atoms with van der Waals surface area (Å²) in [5.74, 6) is -0.278. The van der Waals surface area contributed by atoms with Gasteiger partial charge in [-0.1, -0.05) is 12.1 Å². The largest absolute Gasteiger partial charge is 0.387 e. The first-order valence-electron chi connectivity index (χ1n) is 7.20. The predicted octanol–water partition coefficient (Wildman–Crippen LogP) is 1.17. The van der Waals surface area contributed by atoms with Gasteiger partial charge in [0.15, 0.2) is 0 Å². The summed E-state index contributed by atoms with van der Waals surface area (Å²) >= 11 is 0. The smallest absolute Gasteiger partial charge is 0.123 e. The second-order valence-electron chi connectivity index (χ2n) is 5.08. The molecule has 1 aromatic rings. The molecule has 0 bridgehead atoms. The van der Waals surface area contributed by atoms with Gasteiger partial charge in [0.05, 0.1) is 19.3 Å². The second kappa shape index (κ2) is 8.32. The molecule has 0 radical (unpaired) electrons. The van der Waals surface area contributed by atoms with Gasteiger partial charge in [0.25, 0.3) is 0 Å². The zero-order valence-electron chi connectivity index (χ0n) is 11.7. The van der Waals surface area contributed by atoms with Crippen molar-refractivity contribution in [3.63, 3.8) is 0 Å².